The van der Waals surface area contributed by atoms with Gasteiger partial charge >= 0.3 is 0 Å². The average molecular weight is 418 g/mol. The predicted octanol–water partition coefficient (Wildman–Crippen LogP) is 3.73. The lowest BCUT2D eigenvalue weighted by molar-refractivity contribution is -0.120. The van der Waals surface area contributed by atoms with Crippen LogP contribution in [0.3, 0.4) is 0 Å². The summed E-state index contributed by atoms with van der Waals surface area (Å²) in [7, 11) is 3.08. The molecule has 0 heterocycles. The van der Waals surface area contributed by atoms with E-state index in [1.54, 1.807) is 44.4 Å². The fourth-order valence-electron chi connectivity index (χ4n) is 2.52. The van der Waals surface area contributed by atoms with Crippen LogP contribution in [0.2, 0.25) is 5.02 Å². The number of aryl methyl sites for hydroxylation is 1. The number of nitrogens with one attached hydrogen (secondary N) is 2. The zero-order chi connectivity index (χ0) is 21.4. The molecule has 0 fully saturated rings. The van der Waals surface area contributed by atoms with E-state index < -0.39 is 0 Å². The Kier molecular flexibility index (Phi) is 8.03. The Morgan fingerprint density at radius 2 is 1.76 bits per heavy atom. The van der Waals surface area contributed by atoms with Gasteiger partial charge in [-0.3, -0.25) is 9.59 Å². The van der Waals surface area contributed by atoms with Crippen molar-refractivity contribution in [1.29, 1.82) is 0 Å². The van der Waals surface area contributed by atoms with Crippen molar-refractivity contribution in [3.8, 4) is 11.5 Å². The molecule has 2 aromatic rings. The molecule has 8 heteroatoms. The van der Waals surface area contributed by atoms with Gasteiger partial charge in [0.15, 0.2) is 11.5 Å². The van der Waals surface area contributed by atoms with E-state index in [-0.39, 0.29) is 24.7 Å². The van der Waals surface area contributed by atoms with Crippen LogP contribution < -0.4 is 20.2 Å². The normalized spacial score (nSPS) is 11.0. The first-order valence-electron chi connectivity index (χ1n) is 8.91. The van der Waals surface area contributed by atoms with Crippen LogP contribution in [-0.4, -0.2) is 31.7 Å². The third kappa shape index (κ3) is 6.80. The Morgan fingerprint density at radius 3 is 2.41 bits per heavy atom. The van der Waals surface area contributed by atoms with E-state index in [4.69, 9.17) is 21.1 Å². The highest BCUT2D eigenvalue weighted by Gasteiger charge is 2.09. The molecule has 0 aromatic heterocycles. The van der Waals surface area contributed by atoms with Crippen molar-refractivity contribution in [3.05, 3.63) is 52.5 Å². The quantitative estimate of drug-likeness (QED) is 0.506. The Morgan fingerprint density at radius 1 is 1.03 bits per heavy atom. The van der Waals surface area contributed by atoms with Crippen LogP contribution in [0.1, 0.15) is 24.5 Å². The van der Waals surface area contributed by atoms with Gasteiger partial charge in [0.1, 0.15) is 0 Å². The minimum absolute atomic E-state index is 0.0438. The van der Waals surface area contributed by atoms with Crippen molar-refractivity contribution < 1.29 is 19.1 Å². The van der Waals surface area contributed by atoms with Gasteiger partial charge in [0.2, 0.25) is 11.8 Å². The number of hydrazone groups is 1. The summed E-state index contributed by atoms with van der Waals surface area (Å²) in [6.45, 7) is 3.55. The molecule has 29 heavy (non-hydrogen) atoms. The summed E-state index contributed by atoms with van der Waals surface area (Å²) in [5, 5.41) is 7.31. The van der Waals surface area contributed by atoms with Gasteiger partial charge in [-0.2, -0.15) is 5.10 Å². The van der Waals surface area contributed by atoms with Gasteiger partial charge in [-0.15, -0.1) is 0 Å². The molecule has 0 bridgehead atoms. The van der Waals surface area contributed by atoms with Crippen LogP contribution in [0.5, 0.6) is 11.5 Å². The minimum atomic E-state index is -0.303. The first-order chi connectivity index (χ1) is 13.8. The van der Waals surface area contributed by atoms with E-state index in [0.29, 0.717) is 27.9 Å². The Bertz CT molecular complexity index is 928. The number of hydrogen-bond acceptors (Lipinski definition) is 5. The van der Waals surface area contributed by atoms with E-state index >= 15 is 0 Å². The number of benzene rings is 2. The van der Waals surface area contributed by atoms with Gasteiger partial charge in [-0.25, -0.2) is 5.43 Å². The van der Waals surface area contributed by atoms with Crippen LogP contribution in [-0.2, 0) is 16.0 Å². The molecule has 2 N–H and O–H groups in total. The number of anilines is 1. The molecule has 0 saturated heterocycles. The van der Waals surface area contributed by atoms with Crippen molar-refractivity contribution in [1.82, 2.24) is 5.43 Å². The first kappa shape index (κ1) is 22.2. The maximum atomic E-state index is 12.1. The Hall–Kier alpha value is -3.06. The summed E-state index contributed by atoms with van der Waals surface area (Å²) in [4.78, 5) is 24.2. The molecule has 0 spiro atoms. The zero-order valence-electron chi connectivity index (χ0n) is 16.8. The zero-order valence-corrected chi connectivity index (χ0v) is 17.6. The SMILES string of the molecule is COc1ccc(CC(=O)N/N=C(\C)CC(=O)Nc2ccc(C)c(Cl)c2)cc1OC. The van der Waals surface area contributed by atoms with Crippen molar-refractivity contribution >= 4 is 34.8 Å². The molecule has 2 aromatic carbocycles. The molecule has 0 unspecified atom stereocenters. The maximum absolute atomic E-state index is 12.1. The molecule has 0 radical (unpaired) electrons. The van der Waals surface area contributed by atoms with Gasteiger partial charge in [-0.1, -0.05) is 23.7 Å². The standard InChI is InChI=1S/C21H24ClN3O4/c1-13-5-7-16(12-17(13)22)23-20(26)9-14(2)24-25-21(27)11-15-6-8-18(28-3)19(10-15)29-4/h5-8,10,12H,9,11H2,1-4H3,(H,23,26)(H,25,27)/b24-14+. The second-order valence-corrected chi connectivity index (χ2v) is 6.84. The van der Waals surface area contributed by atoms with E-state index in [1.165, 1.54) is 7.11 Å². The van der Waals surface area contributed by atoms with Crippen LogP contribution in [0.25, 0.3) is 0 Å². The van der Waals surface area contributed by atoms with Crippen LogP contribution in [0.15, 0.2) is 41.5 Å². The summed E-state index contributed by atoms with van der Waals surface area (Å²) in [6.07, 6.45) is 0.160. The number of methoxy groups -OCH3 is 2. The van der Waals surface area contributed by atoms with Gasteiger partial charge in [-0.05, 0) is 49.2 Å². The van der Waals surface area contributed by atoms with Gasteiger partial charge in [0, 0.05) is 16.4 Å². The number of halogens is 1. The van der Waals surface area contributed by atoms with Gasteiger partial charge < -0.3 is 14.8 Å². The molecule has 2 rings (SSSR count). The molecular formula is C21H24ClN3O4. The lowest BCUT2D eigenvalue weighted by Crippen LogP contribution is -2.23. The number of hydrogen-bond donors (Lipinski definition) is 2. The Balaban J connectivity index is 1.87. The number of nitrogens with zero attached hydrogens (tertiary/aromatic N) is 1. The minimum Gasteiger partial charge on any atom is -0.493 e. The van der Waals surface area contributed by atoms with Crippen molar-refractivity contribution in [2.24, 2.45) is 5.10 Å². The van der Waals surface area contributed by atoms with Crippen molar-refractivity contribution in [2.75, 3.05) is 19.5 Å². The second-order valence-electron chi connectivity index (χ2n) is 6.44. The molecule has 0 aliphatic rings. The third-order valence-electron chi connectivity index (χ3n) is 4.06. The molecule has 0 atom stereocenters. The van der Waals surface area contributed by atoms with E-state index in [9.17, 15) is 9.59 Å². The smallest absolute Gasteiger partial charge is 0.244 e. The van der Waals surface area contributed by atoms with E-state index in [2.05, 4.69) is 15.8 Å². The largest absolute Gasteiger partial charge is 0.493 e. The fraction of sp³-hybridized carbons (Fsp3) is 0.286. The van der Waals surface area contributed by atoms with Gasteiger partial charge in [0.05, 0.1) is 27.1 Å². The molecule has 0 aliphatic heterocycles. The lowest BCUT2D eigenvalue weighted by Gasteiger charge is -2.09. The van der Waals surface area contributed by atoms with Crippen LogP contribution in [0, 0.1) is 6.92 Å². The van der Waals surface area contributed by atoms with Crippen LogP contribution >= 0.6 is 11.6 Å². The number of amides is 2. The predicted molar refractivity (Wildman–Crippen MR) is 114 cm³/mol. The summed E-state index contributed by atoms with van der Waals surface area (Å²) in [5.74, 6) is 0.583. The van der Waals surface area contributed by atoms with Gasteiger partial charge in [0.25, 0.3) is 0 Å². The topological polar surface area (TPSA) is 89.0 Å². The molecule has 0 saturated carbocycles. The van der Waals surface area contributed by atoms with Crippen molar-refractivity contribution in [3.63, 3.8) is 0 Å². The van der Waals surface area contributed by atoms with Crippen LogP contribution in [0.4, 0.5) is 5.69 Å². The molecule has 154 valence electrons. The average Bonchev–Trinajstić information content (AvgIpc) is 2.69. The first-order valence-corrected chi connectivity index (χ1v) is 9.29. The number of carbonyl (C=O) groups is 2. The van der Waals surface area contributed by atoms with Crippen molar-refractivity contribution in [2.45, 2.75) is 26.7 Å². The third-order valence-corrected chi connectivity index (χ3v) is 4.46. The van der Waals surface area contributed by atoms with E-state index in [1.807, 2.05) is 13.0 Å². The highest BCUT2D eigenvalue weighted by Crippen LogP contribution is 2.27. The van der Waals surface area contributed by atoms with E-state index in [0.717, 1.165) is 11.1 Å². The molecule has 0 aliphatic carbocycles. The molecule has 2 amide bonds. The highest BCUT2D eigenvalue weighted by atomic mass is 35.5. The Labute approximate surface area is 175 Å². The second kappa shape index (κ2) is 10.5. The highest BCUT2D eigenvalue weighted by molar-refractivity contribution is 6.31. The fourth-order valence-corrected chi connectivity index (χ4v) is 2.70. The number of carbonyl (C=O) groups excluding carboxylic acids is 2. The monoisotopic (exact) mass is 417 g/mol. The molecular weight excluding hydrogens is 394 g/mol. The summed E-state index contributed by atoms with van der Waals surface area (Å²) in [5.41, 5.74) is 5.22. The molecule has 7 nitrogen and oxygen atoms in total. The summed E-state index contributed by atoms with van der Waals surface area (Å²) >= 11 is 6.05. The maximum Gasteiger partial charge on any atom is 0.244 e. The number of ether oxygens (including phenoxy) is 2. The lowest BCUT2D eigenvalue weighted by atomic mass is 10.1. The summed E-state index contributed by atoms with van der Waals surface area (Å²) < 4.78 is 10.4. The number of rotatable bonds is 8. The summed E-state index contributed by atoms with van der Waals surface area (Å²) in [6, 6.07) is 10.5.